The summed E-state index contributed by atoms with van der Waals surface area (Å²) in [5.74, 6) is -0.963. The maximum atomic E-state index is 11.5. The lowest BCUT2D eigenvalue weighted by molar-refractivity contribution is -0.140. The minimum atomic E-state index is -0.866. The van der Waals surface area contributed by atoms with E-state index in [1.54, 1.807) is 20.9 Å². The van der Waals surface area contributed by atoms with Gasteiger partial charge in [-0.3, -0.25) is 9.59 Å². The Morgan fingerprint density at radius 2 is 1.94 bits per heavy atom. The summed E-state index contributed by atoms with van der Waals surface area (Å²) in [5.41, 5.74) is -0.601. The second kappa shape index (κ2) is 6.48. The molecule has 0 radical (unpaired) electrons. The molecule has 1 unspecified atom stereocenters. The molecule has 0 rings (SSSR count). The van der Waals surface area contributed by atoms with Gasteiger partial charge in [-0.15, -0.1) is 0 Å². The Bertz CT molecular complexity index is 252. The van der Waals surface area contributed by atoms with Crippen molar-refractivity contribution < 1.29 is 14.7 Å². The van der Waals surface area contributed by atoms with Crippen molar-refractivity contribution in [2.24, 2.45) is 5.41 Å². The largest absolute Gasteiger partial charge is 0.480 e. The zero-order valence-electron chi connectivity index (χ0n) is 10.5. The van der Waals surface area contributed by atoms with E-state index >= 15 is 0 Å². The molecule has 0 saturated heterocycles. The van der Waals surface area contributed by atoms with Gasteiger partial charge in [0.2, 0.25) is 5.91 Å². The van der Waals surface area contributed by atoms with Crippen LogP contribution in [0.4, 0.5) is 0 Å². The molecule has 0 fully saturated rings. The summed E-state index contributed by atoms with van der Waals surface area (Å²) in [7, 11) is 1.57. The number of nitrogens with one attached hydrogen (secondary N) is 2. The van der Waals surface area contributed by atoms with Gasteiger partial charge in [0, 0.05) is 13.6 Å². The van der Waals surface area contributed by atoms with Crippen LogP contribution >= 0.6 is 0 Å². The van der Waals surface area contributed by atoms with E-state index in [1.165, 1.54) is 0 Å². The van der Waals surface area contributed by atoms with E-state index in [9.17, 15) is 9.59 Å². The number of hydrogen-bond acceptors (Lipinski definition) is 3. The van der Waals surface area contributed by atoms with Crippen LogP contribution in [0.2, 0.25) is 0 Å². The molecule has 1 atom stereocenters. The first-order valence-electron chi connectivity index (χ1n) is 5.53. The Balaban J connectivity index is 4.29. The summed E-state index contributed by atoms with van der Waals surface area (Å²) >= 11 is 0. The predicted octanol–water partition coefficient (Wildman–Crippen LogP) is 0.602. The normalized spacial score (nSPS) is 13.2. The molecule has 0 bridgehead atoms. The molecule has 0 aliphatic heterocycles. The molecule has 0 saturated carbocycles. The number of aliphatic carboxylic acids is 1. The van der Waals surface area contributed by atoms with Crippen LogP contribution in [0.15, 0.2) is 0 Å². The van der Waals surface area contributed by atoms with Gasteiger partial charge in [-0.2, -0.15) is 0 Å². The SMILES string of the molecule is CCCC(NCC(C)(C)C(=O)NC)C(=O)O. The maximum absolute atomic E-state index is 11.5. The van der Waals surface area contributed by atoms with Crippen LogP contribution in [0.25, 0.3) is 0 Å². The molecule has 0 aromatic carbocycles. The number of carboxylic acid groups (broad SMARTS) is 1. The molecule has 5 nitrogen and oxygen atoms in total. The van der Waals surface area contributed by atoms with E-state index in [2.05, 4.69) is 10.6 Å². The van der Waals surface area contributed by atoms with Crippen molar-refractivity contribution in [3.8, 4) is 0 Å². The minimum Gasteiger partial charge on any atom is -0.480 e. The third-order valence-corrected chi connectivity index (χ3v) is 2.51. The number of hydrogen-bond donors (Lipinski definition) is 3. The molecule has 16 heavy (non-hydrogen) atoms. The molecular weight excluding hydrogens is 208 g/mol. The molecule has 94 valence electrons. The number of carbonyl (C=O) groups excluding carboxylic acids is 1. The molecule has 0 aliphatic rings. The Morgan fingerprint density at radius 1 is 1.38 bits per heavy atom. The standard InChI is InChI=1S/C11H22N2O3/c1-5-6-8(9(14)15)13-7-11(2,3)10(16)12-4/h8,13H,5-7H2,1-4H3,(H,12,16)(H,14,15). The second-order valence-corrected chi connectivity index (χ2v) is 4.52. The second-order valence-electron chi connectivity index (χ2n) is 4.52. The third kappa shape index (κ3) is 4.61. The Morgan fingerprint density at radius 3 is 2.31 bits per heavy atom. The summed E-state index contributed by atoms with van der Waals surface area (Å²) in [6.07, 6.45) is 1.36. The molecule has 0 aliphatic carbocycles. The minimum absolute atomic E-state index is 0.0966. The van der Waals surface area contributed by atoms with Gasteiger partial charge in [0.05, 0.1) is 5.41 Å². The molecule has 1 amide bonds. The fraction of sp³-hybridized carbons (Fsp3) is 0.818. The highest BCUT2D eigenvalue weighted by Crippen LogP contribution is 2.14. The molecule has 0 heterocycles. The first-order chi connectivity index (χ1) is 7.35. The van der Waals surface area contributed by atoms with Gasteiger partial charge in [-0.1, -0.05) is 13.3 Å². The summed E-state index contributed by atoms with van der Waals surface area (Å²) in [4.78, 5) is 22.4. The number of rotatable bonds is 7. The van der Waals surface area contributed by atoms with E-state index in [1.807, 2.05) is 6.92 Å². The van der Waals surface area contributed by atoms with Crippen molar-refractivity contribution in [2.75, 3.05) is 13.6 Å². The predicted molar refractivity (Wildman–Crippen MR) is 62.2 cm³/mol. The van der Waals surface area contributed by atoms with Gasteiger partial charge in [0.25, 0.3) is 0 Å². The Hall–Kier alpha value is -1.10. The zero-order chi connectivity index (χ0) is 12.8. The van der Waals surface area contributed by atoms with Crippen LogP contribution in [0.1, 0.15) is 33.6 Å². The van der Waals surface area contributed by atoms with Crippen molar-refractivity contribution in [2.45, 2.75) is 39.7 Å². The highest BCUT2D eigenvalue weighted by Gasteiger charge is 2.28. The summed E-state index contributed by atoms with van der Waals surface area (Å²) < 4.78 is 0. The zero-order valence-corrected chi connectivity index (χ0v) is 10.5. The van der Waals surface area contributed by atoms with E-state index in [4.69, 9.17) is 5.11 Å². The fourth-order valence-corrected chi connectivity index (χ4v) is 1.40. The van der Waals surface area contributed by atoms with Gasteiger partial charge < -0.3 is 15.7 Å². The molecular formula is C11H22N2O3. The number of carboxylic acids is 1. The van der Waals surface area contributed by atoms with Gasteiger partial charge in [0.15, 0.2) is 0 Å². The first-order valence-corrected chi connectivity index (χ1v) is 5.53. The molecule has 0 spiro atoms. The highest BCUT2D eigenvalue weighted by atomic mass is 16.4. The van der Waals surface area contributed by atoms with Crippen molar-refractivity contribution >= 4 is 11.9 Å². The van der Waals surface area contributed by atoms with Gasteiger partial charge in [-0.25, -0.2) is 0 Å². The van der Waals surface area contributed by atoms with Crippen molar-refractivity contribution in [3.63, 3.8) is 0 Å². The van der Waals surface area contributed by atoms with Crippen molar-refractivity contribution in [1.29, 1.82) is 0 Å². The average Bonchev–Trinajstić information content (AvgIpc) is 2.22. The van der Waals surface area contributed by atoms with E-state index in [0.29, 0.717) is 13.0 Å². The van der Waals surface area contributed by atoms with Crippen LogP contribution in [-0.2, 0) is 9.59 Å². The van der Waals surface area contributed by atoms with Crippen LogP contribution in [-0.4, -0.2) is 36.6 Å². The highest BCUT2D eigenvalue weighted by molar-refractivity contribution is 5.82. The van der Waals surface area contributed by atoms with E-state index in [0.717, 1.165) is 6.42 Å². The smallest absolute Gasteiger partial charge is 0.320 e. The van der Waals surface area contributed by atoms with Gasteiger partial charge in [-0.05, 0) is 20.3 Å². The molecule has 0 aromatic rings. The Labute approximate surface area is 96.6 Å². The van der Waals surface area contributed by atoms with Crippen LogP contribution in [0.5, 0.6) is 0 Å². The number of amides is 1. The molecule has 3 N–H and O–H groups in total. The van der Waals surface area contributed by atoms with Crippen molar-refractivity contribution in [1.82, 2.24) is 10.6 Å². The topological polar surface area (TPSA) is 78.4 Å². The molecule has 5 heteroatoms. The van der Waals surface area contributed by atoms with Crippen LogP contribution in [0.3, 0.4) is 0 Å². The summed E-state index contributed by atoms with van der Waals surface area (Å²) in [6, 6.07) is -0.575. The summed E-state index contributed by atoms with van der Waals surface area (Å²) in [5, 5.41) is 14.4. The van der Waals surface area contributed by atoms with Crippen LogP contribution in [0, 0.1) is 5.41 Å². The lowest BCUT2D eigenvalue weighted by Gasteiger charge is -2.25. The van der Waals surface area contributed by atoms with Crippen LogP contribution < -0.4 is 10.6 Å². The third-order valence-electron chi connectivity index (χ3n) is 2.51. The lowest BCUT2D eigenvalue weighted by atomic mass is 9.92. The Kier molecular flexibility index (Phi) is 6.03. The number of carbonyl (C=O) groups is 2. The monoisotopic (exact) mass is 230 g/mol. The van der Waals surface area contributed by atoms with E-state index in [-0.39, 0.29) is 5.91 Å². The quantitative estimate of drug-likeness (QED) is 0.598. The first kappa shape index (κ1) is 14.9. The fourth-order valence-electron chi connectivity index (χ4n) is 1.40. The maximum Gasteiger partial charge on any atom is 0.320 e. The van der Waals surface area contributed by atoms with Gasteiger partial charge in [0.1, 0.15) is 6.04 Å². The molecule has 0 aromatic heterocycles. The average molecular weight is 230 g/mol. The van der Waals surface area contributed by atoms with Crippen molar-refractivity contribution in [3.05, 3.63) is 0 Å². The summed E-state index contributed by atoms with van der Waals surface area (Å²) in [6.45, 7) is 5.85. The lowest BCUT2D eigenvalue weighted by Crippen LogP contribution is -2.47. The van der Waals surface area contributed by atoms with E-state index < -0.39 is 17.4 Å². The van der Waals surface area contributed by atoms with Gasteiger partial charge >= 0.3 is 5.97 Å².